The number of H-pyrrole nitrogens is 1. The molecule has 0 spiro atoms. The van der Waals surface area contributed by atoms with Gasteiger partial charge in [-0.2, -0.15) is 0 Å². The summed E-state index contributed by atoms with van der Waals surface area (Å²) in [5.74, 6) is -0.727. The number of aromatic nitrogens is 1. The first-order valence-electron chi connectivity index (χ1n) is 5.14. The molecule has 0 aliphatic rings. The highest BCUT2D eigenvalue weighted by molar-refractivity contribution is 14.1. The van der Waals surface area contributed by atoms with Crippen molar-refractivity contribution in [2.45, 2.75) is 19.3 Å². The van der Waals surface area contributed by atoms with Crippen LogP contribution in [0.2, 0.25) is 0 Å². The number of carboxylic acid groups (broad SMARTS) is 1. The van der Waals surface area contributed by atoms with Crippen LogP contribution < -0.4 is 0 Å². The summed E-state index contributed by atoms with van der Waals surface area (Å²) in [5, 5.41) is 9.80. The molecule has 0 saturated heterocycles. The van der Waals surface area contributed by atoms with Crippen molar-refractivity contribution < 1.29 is 9.90 Å². The Bertz CT molecular complexity index is 519. The maximum atomic E-state index is 10.4. The van der Waals surface area contributed by atoms with Crippen molar-refractivity contribution in [1.29, 1.82) is 0 Å². The van der Waals surface area contributed by atoms with Gasteiger partial charge in [0, 0.05) is 27.1 Å². The van der Waals surface area contributed by atoms with Crippen LogP contribution in [0.25, 0.3) is 10.9 Å². The Balaban J connectivity index is 2.17. The Morgan fingerprint density at radius 3 is 3.00 bits per heavy atom. The number of hydrogen-bond acceptors (Lipinski definition) is 1. The predicted octanol–water partition coefficient (Wildman–Crippen LogP) is 3.18. The quantitative estimate of drug-likeness (QED) is 0.847. The average molecular weight is 329 g/mol. The molecule has 2 N–H and O–H groups in total. The van der Waals surface area contributed by atoms with Gasteiger partial charge >= 0.3 is 5.97 Å². The Kier molecular flexibility index (Phi) is 3.48. The lowest BCUT2D eigenvalue weighted by Crippen LogP contribution is -1.95. The zero-order valence-electron chi connectivity index (χ0n) is 8.66. The maximum absolute atomic E-state index is 10.4. The normalized spacial score (nSPS) is 10.8. The number of carboxylic acids is 1. The van der Waals surface area contributed by atoms with Crippen LogP contribution in [-0.4, -0.2) is 16.1 Å². The lowest BCUT2D eigenvalue weighted by molar-refractivity contribution is -0.137. The molecule has 0 aliphatic carbocycles. The third-order valence-electron chi connectivity index (χ3n) is 2.57. The van der Waals surface area contributed by atoms with E-state index in [0.29, 0.717) is 6.42 Å². The number of rotatable bonds is 4. The van der Waals surface area contributed by atoms with E-state index in [1.54, 1.807) is 0 Å². The molecule has 16 heavy (non-hydrogen) atoms. The summed E-state index contributed by atoms with van der Waals surface area (Å²) in [6, 6.07) is 6.24. The molecule has 4 heteroatoms. The fraction of sp³-hybridized carbons (Fsp3) is 0.250. The van der Waals surface area contributed by atoms with Crippen molar-refractivity contribution >= 4 is 39.5 Å². The fourth-order valence-corrected chi connectivity index (χ4v) is 2.28. The van der Waals surface area contributed by atoms with Crippen LogP contribution in [-0.2, 0) is 11.2 Å². The van der Waals surface area contributed by atoms with E-state index in [1.807, 2.05) is 6.20 Å². The van der Waals surface area contributed by atoms with E-state index in [1.165, 1.54) is 14.5 Å². The molecule has 2 rings (SSSR count). The number of aliphatic carboxylic acids is 1. The summed E-state index contributed by atoms with van der Waals surface area (Å²) in [5.41, 5.74) is 2.32. The van der Waals surface area contributed by atoms with Crippen LogP contribution in [0, 0.1) is 3.57 Å². The number of hydrogen-bond donors (Lipinski definition) is 2. The third kappa shape index (κ3) is 2.55. The standard InChI is InChI=1S/C12H12INO2/c13-9-4-5-11-10(6-9)8(7-14-11)2-1-3-12(15)16/h4-7,14H,1-3H2,(H,15,16). The molecule has 0 unspecified atom stereocenters. The molecule has 0 bridgehead atoms. The second-order valence-corrected chi connectivity index (χ2v) is 5.00. The van der Waals surface area contributed by atoms with E-state index in [0.717, 1.165) is 11.9 Å². The number of aromatic amines is 1. The molecule has 0 saturated carbocycles. The van der Waals surface area contributed by atoms with Gasteiger partial charge in [0.1, 0.15) is 0 Å². The lowest BCUT2D eigenvalue weighted by Gasteiger charge is -1.98. The van der Waals surface area contributed by atoms with E-state index < -0.39 is 5.97 Å². The van der Waals surface area contributed by atoms with Crippen LogP contribution in [0.5, 0.6) is 0 Å². The minimum atomic E-state index is -0.727. The molecule has 1 heterocycles. The van der Waals surface area contributed by atoms with Crippen LogP contribution in [0.3, 0.4) is 0 Å². The van der Waals surface area contributed by atoms with E-state index in [9.17, 15) is 4.79 Å². The Morgan fingerprint density at radius 1 is 1.44 bits per heavy atom. The highest BCUT2D eigenvalue weighted by Crippen LogP contribution is 2.22. The SMILES string of the molecule is O=C(O)CCCc1c[nH]c2ccc(I)cc12. The summed E-state index contributed by atoms with van der Waals surface area (Å²) >= 11 is 2.28. The third-order valence-corrected chi connectivity index (χ3v) is 3.24. The van der Waals surface area contributed by atoms with Crippen molar-refractivity contribution in [3.63, 3.8) is 0 Å². The molecule has 84 valence electrons. The first-order chi connectivity index (χ1) is 7.66. The largest absolute Gasteiger partial charge is 0.481 e. The summed E-state index contributed by atoms with van der Waals surface area (Å²) in [4.78, 5) is 13.6. The Labute approximate surface area is 107 Å². The van der Waals surface area contributed by atoms with Gasteiger partial charge in [0.05, 0.1) is 0 Å². The molecule has 0 radical (unpaired) electrons. The highest BCUT2D eigenvalue weighted by Gasteiger charge is 2.05. The van der Waals surface area contributed by atoms with E-state index in [-0.39, 0.29) is 6.42 Å². The second kappa shape index (κ2) is 4.86. The Morgan fingerprint density at radius 2 is 2.25 bits per heavy atom. The zero-order valence-corrected chi connectivity index (χ0v) is 10.8. The molecule has 0 atom stereocenters. The summed E-state index contributed by atoms with van der Waals surface area (Å²) < 4.78 is 1.20. The lowest BCUT2D eigenvalue weighted by atomic mass is 10.1. The van der Waals surface area contributed by atoms with Crippen LogP contribution in [0.1, 0.15) is 18.4 Å². The Hall–Kier alpha value is -1.04. The average Bonchev–Trinajstić information content (AvgIpc) is 2.60. The number of nitrogens with one attached hydrogen (secondary N) is 1. The second-order valence-electron chi connectivity index (χ2n) is 3.75. The number of carbonyl (C=O) groups is 1. The van der Waals surface area contributed by atoms with Crippen LogP contribution in [0.15, 0.2) is 24.4 Å². The summed E-state index contributed by atoms with van der Waals surface area (Å²) in [6.07, 6.45) is 3.71. The molecule has 0 fully saturated rings. The van der Waals surface area contributed by atoms with Gasteiger partial charge < -0.3 is 10.1 Å². The molecule has 1 aromatic heterocycles. The van der Waals surface area contributed by atoms with Gasteiger partial charge in [-0.15, -0.1) is 0 Å². The topological polar surface area (TPSA) is 53.1 Å². The smallest absolute Gasteiger partial charge is 0.303 e. The van der Waals surface area contributed by atoms with E-state index >= 15 is 0 Å². The van der Waals surface area contributed by atoms with Crippen molar-refractivity contribution in [3.8, 4) is 0 Å². The van der Waals surface area contributed by atoms with Crippen LogP contribution in [0.4, 0.5) is 0 Å². The van der Waals surface area contributed by atoms with Crippen molar-refractivity contribution in [2.24, 2.45) is 0 Å². The summed E-state index contributed by atoms with van der Waals surface area (Å²) in [7, 11) is 0. The van der Waals surface area contributed by atoms with Gasteiger partial charge in [0.15, 0.2) is 0 Å². The number of halogens is 1. The number of aryl methyl sites for hydroxylation is 1. The van der Waals surface area contributed by atoms with Gasteiger partial charge in [-0.25, -0.2) is 0 Å². The molecule has 2 aromatic rings. The minimum absolute atomic E-state index is 0.233. The zero-order chi connectivity index (χ0) is 11.5. The van der Waals surface area contributed by atoms with Gasteiger partial charge in [-0.05, 0) is 59.2 Å². The van der Waals surface area contributed by atoms with E-state index in [2.05, 4.69) is 45.8 Å². The van der Waals surface area contributed by atoms with Gasteiger partial charge in [0.2, 0.25) is 0 Å². The molecular weight excluding hydrogens is 317 g/mol. The highest BCUT2D eigenvalue weighted by atomic mass is 127. The van der Waals surface area contributed by atoms with E-state index in [4.69, 9.17) is 5.11 Å². The first kappa shape index (κ1) is 11.4. The summed E-state index contributed by atoms with van der Waals surface area (Å²) in [6.45, 7) is 0. The first-order valence-corrected chi connectivity index (χ1v) is 6.22. The number of fused-ring (bicyclic) bond motifs is 1. The molecule has 0 amide bonds. The van der Waals surface area contributed by atoms with Crippen molar-refractivity contribution in [1.82, 2.24) is 4.98 Å². The van der Waals surface area contributed by atoms with Gasteiger partial charge in [-0.3, -0.25) is 4.79 Å². The van der Waals surface area contributed by atoms with Gasteiger partial charge in [0.25, 0.3) is 0 Å². The minimum Gasteiger partial charge on any atom is -0.481 e. The molecule has 3 nitrogen and oxygen atoms in total. The fourth-order valence-electron chi connectivity index (χ4n) is 1.79. The van der Waals surface area contributed by atoms with Gasteiger partial charge in [-0.1, -0.05) is 0 Å². The molecule has 1 aromatic carbocycles. The number of benzene rings is 1. The maximum Gasteiger partial charge on any atom is 0.303 e. The molecular formula is C12H12INO2. The predicted molar refractivity (Wildman–Crippen MR) is 71.6 cm³/mol. The molecule has 0 aliphatic heterocycles. The van der Waals surface area contributed by atoms with Crippen molar-refractivity contribution in [3.05, 3.63) is 33.5 Å². The van der Waals surface area contributed by atoms with Crippen LogP contribution >= 0.6 is 22.6 Å². The van der Waals surface area contributed by atoms with Crippen molar-refractivity contribution in [2.75, 3.05) is 0 Å². The monoisotopic (exact) mass is 329 g/mol.